The number of hydrogen-bond acceptors (Lipinski definition) is 4. The first kappa shape index (κ1) is 8.75. The molecule has 4 heteroatoms. The van der Waals surface area contributed by atoms with Gasteiger partial charge in [0.1, 0.15) is 11.4 Å². The van der Waals surface area contributed by atoms with Gasteiger partial charge in [-0.05, 0) is 12.8 Å². The molecule has 1 aliphatic heterocycles. The number of carbonyl (C=O) groups excluding carboxylic acids is 1. The van der Waals surface area contributed by atoms with Crippen molar-refractivity contribution in [2.45, 2.75) is 24.2 Å². The van der Waals surface area contributed by atoms with Crippen molar-refractivity contribution in [3.8, 4) is 0 Å². The van der Waals surface area contributed by atoms with Gasteiger partial charge in [0, 0.05) is 17.3 Å². The summed E-state index contributed by atoms with van der Waals surface area (Å²) in [7, 11) is 0. The fourth-order valence-electron chi connectivity index (χ4n) is 1.05. The summed E-state index contributed by atoms with van der Waals surface area (Å²) in [4.78, 5) is 11.4. The Hall–Kier alpha value is 0.170. The maximum absolute atomic E-state index is 11.4. The van der Waals surface area contributed by atoms with Crippen LogP contribution in [0.15, 0.2) is 0 Å². The molecule has 0 aromatic heterocycles. The molecular weight excluding hydrogens is 192 g/mol. The Kier molecular flexibility index (Phi) is 2.86. The zero-order valence-electron chi connectivity index (χ0n) is 6.82. The molecule has 0 amide bonds. The third kappa shape index (κ3) is 2.33. The number of esters is 1. The lowest BCUT2D eigenvalue weighted by atomic mass is 10.5. The van der Waals surface area contributed by atoms with E-state index in [0.717, 1.165) is 24.3 Å². The Morgan fingerprint density at radius 3 is 2.75 bits per heavy atom. The van der Waals surface area contributed by atoms with E-state index < -0.39 is 0 Å². The van der Waals surface area contributed by atoms with Gasteiger partial charge >= 0.3 is 5.97 Å². The molecule has 68 valence electrons. The third-order valence-corrected chi connectivity index (χ3v) is 4.62. The largest absolute Gasteiger partial charge is 0.462 e. The first-order chi connectivity index (χ1) is 5.86. The van der Waals surface area contributed by atoms with Crippen LogP contribution in [-0.2, 0) is 9.53 Å². The van der Waals surface area contributed by atoms with E-state index >= 15 is 0 Å². The van der Waals surface area contributed by atoms with Gasteiger partial charge < -0.3 is 4.74 Å². The lowest BCUT2D eigenvalue weighted by Crippen LogP contribution is -2.26. The summed E-state index contributed by atoms with van der Waals surface area (Å²) in [6, 6.07) is 0. The van der Waals surface area contributed by atoms with E-state index in [1.165, 1.54) is 5.75 Å². The SMILES string of the molecule is O=C(OC1CC1)C1CSCCS1. The van der Waals surface area contributed by atoms with Crippen molar-refractivity contribution < 1.29 is 9.53 Å². The van der Waals surface area contributed by atoms with E-state index in [1.807, 2.05) is 11.8 Å². The van der Waals surface area contributed by atoms with Gasteiger partial charge in [0.2, 0.25) is 0 Å². The van der Waals surface area contributed by atoms with Crippen LogP contribution < -0.4 is 0 Å². The Bertz CT molecular complexity index is 174. The van der Waals surface area contributed by atoms with Crippen LogP contribution in [-0.4, -0.2) is 34.6 Å². The predicted octanol–water partition coefficient (Wildman–Crippen LogP) is 1.54. The number of rotatable bonds is 2. The van der Waals surface area contributed by atoms with Crippen molar-refractivity contribution in [1.82, 2.24) is 0 Å². The van der Waals surface area contributed by atoms with E-state index in [9.17, 15) is 4.79 Å². The summed E-state index contributed by atoms with van der Waals surface area (Å²) in [5.41, 5.74) is 0. The van der Waals surface area contributed by atoms with Gasteiger partial charge in [0.15, 0.2) is 0 Å². The molecule has 0 radical (unpaired) electrons. The number of hydrogen-bond donors (Lipinski definition) is 0. The molecular formula is C8H12O2S2. The van der Waals surface area contributed by atoms with Crippen LogP contribution in [0, 0.1) is 0 Å². The Labute approximate surface area is 80.8 Å². The Balaban J connectivity index is 1.76. The number of carbonyl (C=O) groups is 1. The van der Waals surface area contributed by atoms with Gasteiger partial charge in [-0.2, -0.15) is 11.8 Å². The highest BCUT2D eigenvalue weighted by Gasteiger charge is 2.31. The molecule has 1 heterocycles. The van der Waals surface area contributed by atoms with Crippen LogP contribution in [0.2, 0.25) is 0 Å². The minimum atomic E-state index is 0.0229. The minimum absolute atomic E-state index is 0.0229. The van der Waals surface area contributed by atoms with Crippen molar-refractivity contribution >= 4 is 29.5 Å². The highest BCUT2D eigenvalue weighted by atomic mass is 32.2. The van der Waals surface area contributed by atoms with Crippen LogP contribution in [0.3, 0.4) is 0 Å². The van der Waals surface area contributed by atoms with Crippen LogP contribution in [0.1, 0.15) is 12.8 Å². The third-order valence-electron chi connectivity index (χ3n) is 1.89. The molecule has 2 fully saturated rings. The summed E-state index contributed by atoms with van der Waals surface area (Å²) in [5, 5.41) is 0.115. The quantitative estimate of drug-likeness (QED) is 0.637. The Morgan fingerprint density at radius 1 is 1.33 bits per heavy atom. The summed E-state index contributed by atoms with van der Waals surface area (Å²) in [6.45, 7) is 0. The van der Waals surface area contributed by atoms with Crippen LogP contribution in [0.25, 0.3) is 0 Å². The average molecular weight is 204 g/mol. The van der Waals surface area contributed by atoms with Crippen molar-refractivity contribution in [3.63, 3.8) is 0 Å². The second-order valence-corrected chi connectivity index (χ2v) is 5.53. The smallest absolute Gasteiger partial charge is 0.320 e. The zero-order chi connectivity index (χ0) is 8.39. The van der Waals surface area contributed by atoms with Crippen LogP contribution in [0.5, 0.6) is 0 Å². The summed E-state index contributed by atoms with van der Waals surface area (Å²) < 4.78 is 5.23. The van der Waals surface area contributed by atoms with Crippen molar-refractivity contribution in [2.75, 3.05) is 17.3 Å². The molecule has 12 heavy (non-hydrogen) atoms. The maximum atomic E-state index is 11.4. The van der Waals surface area contributed by atoms with E-state index in [-0.39, 0.29) is 17.3 Å². The molecule has 2 rings (SSSR count). The van der Waals surface area contributed by atoms with Gasteiger partial charge in [-0.3, -0.25) is 4.79 Å². The number of ether oxygens (including phenoxy) is 1. The fourth-order valence-corrected chi connectivity index (χ4v) is 3.57. The standard InChI is InChI=1S/C8H12O2S2/c9-8(10-6-1-2-6)7-5-11-3-4-12-7/h6-7H,1-5H2. The predicted molar refractivity (Wildman–Crippen MR) is 52.7 cm³/mol. The highest BCUT2D eigenvalue weighted by molar-refractivity contribution is 8.07. The first-order valence-electron chi connectivity index (χ1n) is 4.26. The zero-order valence-corrected chi connectivity index (χ0v) is 8.46. The highest BCUT2D eigenvalue weighted by Crippen LogP contribution is 2.29. The van der Waals surface area contributed by atoms with Crippen molar-refractivity contribution in [1.29, 1.82) is 0 Å². The summed E-state index contributed by atoms with van der Waals surface area (Å²) in [6.07, 6.45) is 2.43. The molecule has 1 aliphatic carbocycles. The molecule has 0 spiro atoms. The van der Waals surface area contributed by atoms with E-state index in [2.05, 4.69) is 0 Å². The first-order valence-corrected chi connectivity index (χ1v) is 6.46. The molecule has 1 saturated heterocycles. The van der Waals surface area contributed by atoms with Crippen molar-refractivity contribution in [3.05, 3.63) is 0 Å². The molecule has 0 aromatic carbocycles. The normalized spacial score (nSPS) is 29.8. The number of thioether (sulfide) groups is 2. The molecule has 2 aliphatic rings. The topological polar surface area (TPSA) is 26.3 Å². The average Bonchev–Trinajstić information content (AvgIpc) is 2.90. The molecule has 0 N–H and O–H groups in total. The van der Waals surface area contributed by atoms with Gasteiger partial charge in [0.25, 0.3) is 0 Å². The lowest BCUT2D eigenvalue weighted by Gasteiger charge is -2.19. The lowest BCUT2D eigenvalue weighted by molar-refractivity contribution is -0.143. The van der Waals surface area contributed by atoms with Crippen molar-refractivity contribution in [2.24, 2.45) is 0 Å². The second-order valence-electron chi connectivity index (χ2n) is 3.07. The summed E-state index contributed by atoms with van der Waals surface area (Å²) >= 11 is 3.60. The minimum Gasteiger partial charge on any atom is -0.462 e. The van der Waals surface area contributed by atoms with Gasteiger partial charge in [-0.1, -0.05) is 0 Å². The molecule has 1 atom stereocenters. The monoisotopic (exact) mass is 204 g/mol. The summed E-state index contributed by atoms with van der Waals surface area (Å²) in [5.74, 6) is 3.23. The maximum Gasteiger partial charge on any atom is 0.320 e. The van der Waals surface area contributed by atoms with Crippen LogP contribution >= 0.6 is 23.5 Å². The molecule has 1 unspecified atom stereocenters. The van der Waals surface area contributed by atoms with E-state index in [1.54, 1.807) is 11.8 Å². The molecule has 0 aromatic rings. The fraction of sp³-hybridized carbons (Fsp3) is 0.875. The molecule has 0 bridgehead atoms. The van der Waals surface area contributed by atoms with Crippen LogP contribution in [0.4, 0.5) is 0 Å². The van der Waals surface area contributed by atoms with Gasteiger partial charge in [-0.15, -0.1) is 11.8 Å². The second kappa shape index (κ2) is 3.92. The van der Waals surface area contributed by atoms with E-state index in [4.69, 9.17) is 4.74 Å². The van der Waals surface area contributed by atoms with E-state index in [0.29, 0.717) is 0 Å². The molecule has 2 nitrogen and oxygen atoms in total. The molecule has 1 saturated carbocycles. The Morgan fingerprint density at radius 2 is 2.17 bits per heavy atom. The van der Waals surface area contributed by atoms with Gasteiger partial charge in [0.05, 0.1) is 0 Å². The van der Waals surface area contributed by atoms with Gasteiger partial charge in [-0.25, -0.2) is 0 Å².